The van der Waals surface area contributed by atoms with Crippen LogP contribution in [0, 0.1) is 0 Å². The summed E-state index contributed by atoms with van der Waals surface area (Å²) in [6.45, 7) is 1.93. The van der Waals surface area contributed by atoms with Gasteiger partial charge in [-0.3, -0.25) is 0 Å². The van der Waals surface area contributed by atoms with Gasteiger partial charge in [-0.05, 0) is 38.3 Å². The highest BCUT2D eigenvalue weighted by Crippen LogP contribution is 2.31. The number of ether oxygens (including phenoxy) is 1. The van der Waals surface area contributed by atoms with Crippen molar-refractivity contribution in [2.24, 2.45) is 5.73 Å². The Morgan fingerprint density at radius 2 is 2.24 bits per heavy atom. The minimum absolute atomic E-state index is 0.0726. The Bertz CT molecular complexity index is 395. The smallest absolute Gasteiger partial charge is 0.125 e. The molecule has 94 valence electrons. The van der Waals surface area contributed by atoms with Gasteiger partial charge in [0.2, 0.25) is 0 Å². The molecule has 3 N–H and O–H groups in total. The summed E-state index contributed by atoms with van der Waals surface area (Å²) in [4.78, 5) is 0. The number of rotatable bonds is 3. The van der Waals surface area contributed by atoms with Crippen molar-refractivity contribution >= 4 is 15.9 Å². The molecule has 1 aromatic rings. The van der Waals surface area contributed by atoms with Gasteiger partial charge in [0.05, 0.1) is 6.10 Å². The van der Waals surface area contributed by atoms with Crippen LogP contribution in [-0.2, 0) is 0 Å². The summed E-state index contributed by atoms with van der Waals surface area (Å²) in [6.07, 6.45) is 2.31. The third-order valence-electron chi connectivity index (χ3n) is 3.16. The highest BCUT2D eigenvalue weighted by Gasteiger charge is 2.27. The Hall–Kier alpha value is -0.580. The first kappa shape index (κ1) is 12.9. The summed E-state index contributed by atoms with van der Waals surface area (Å²) in [7, 11) is 0. The normalized spacial score (nSPS) is 25.9. The Labute approximate surface area is 110 Å². The van der Waals surface area contributed by atoms with E-state index in [0.29, 0.717) is 0 Å². The maximum absolute atomic E-state index is 9.78. The first-order valence-corrected chi connectivity index (χ1v) is 6.77. The van der Waals surface area contributed by atoms with Crippen molar-refractivity contribution in [3.63, 3.8) is 0 Å². The Morgan fingerprint density at radius 1 is 1.47 bits per heavy atom. The molecule has 0 bridgehead atoms. The predicted octanol–water partition coefficient (Wildman–Crippen LogP) is 2.76. The van der Waals surface area contributed by atoms with Crippen LogP contribution >= 0.6 is 15.9 Å². The molecule has 1 aromatic carbocycles. The summed E-state index contributed by atoms with van der Waals surface area (Å²) in [5.41, 5.74) is 6.89. The van der Waals surface area contributed by atoms with Gasteiger partial charge < -0.3 is 15.6 Å². The van der Waals surface area contributed by atoms with Gasteiger partial charge in [-0.1, -0.05) is 22.0 Å². The number of benzene rings is 1. The van der Waals surface area contributed by atoms with Crippen molar-refractivity contribution in [1.82, 2.24) is 0 Å². The topological polar surface area (TPSA) is 55.5 Å². The molecule has 0 radical (unpaired) electrons. The zero-order valence-electron chi connectivity index (χ0n) is 9.90. The van der Waals surface area contributed by atoms with Gasteiger partial charge in [0.25, 0.3) is 0 Å². The van der Waals surface area contributed by atoms with Crippen LogP contribution in [0.2, 0.25) is 0 Å². The van der Waals surface area contributed by atoms with E-state index in [1.54, 1.807) is 0 Å². The van der Waals surface area contributed by atoms with E-state index in [4.69, 9.17) is 10.5 Å². The minimum atomic E-state index is -0.352. The van der Waals surface area contributed by atoms with Crippen LogP contribution in [0.15, 0.2) is 22.7 Å². The Morgan fingerprint density at radius 3 is 2.82 bits per heavy atom. The SMILES string of the molecule is C[C@@H](N)c1ccc(Br)cc1OC1CCCC1O. The van der Waals surface area contributed by atoms with Crippen LogP contribution < -0.4 is 10.5 Å². The van der Waals surface area contributed by atoms with E-state index in [1.165, 1.54) is 0 Å². The van der Waals surface area contributed by atoms with E-state index < -0.39 is 0 Å². The largest absolute Gasteiger partial charge is 0.487 e. The molecule has 1 aliphatic rings. The lowest BCUT2D eigenvalue weighted by molar-refractivity contribution is 0.0595. The number of halogens is 1. The van der Waals surface area contributed by atoms with Crippen molar-refractivity contribution in [2.75, 3.05) is 0 Å². The second-order valence-electron chi connectivity index (χ2n) is 4.63. The lowest BCUT2D eigenvalue weighted by atomic mass is 10.1. The number of hydrogen-bond donors (Lipinski definition) is 2. The van der Waals surface area contributed by atoms with Gasteiger partial charge in [0.15, 0.2) is 0 Å². The van der Waals surface area contributed by atoms with E-state index >= 15 is 0 Å². The van der Waals surface area contributed by atoms with Crippen LogP contribution in [0.5, 0.6) is 5.75 Å². The van der Waals surface area contributed by atoms with E-state index in [1.807, 2.05) is 25.1 Å². The molecule has 0 amide bonds. The van der Waals surface area contributed by atoms with Crippen molar-refractivity contribution in [3.8, 4) is 5.75 Å². The van der Waals surface area contributed by atoms with Gasteiger partial charge in [-0.15, -0.1) is 0 Å². The lowest BCUT2D eigenvalue weighted by Crippen LogP contribution is -2.26. The van der Waals surface area contributed by atoms with Gasteiger partial charge >= 0.3 is 0 Å². The third kappa shape index (κ3) is 3.00. The summed E-state index contributed by atoms with van der Waals surface area (Å²) in [5.74, 6) is 0.778. The zero-order valence-corrected chi connectivity index (χ0v) is 11.5. The second-order valence-corrected chi connectivity index (χ2v) is 5.54. The molecule has 3 nitrogen and oxygen atoms in total. The molecule has 0 spiro atoms. The maximum Gasteiger partial charge on any atom is 0.125 e. The fourth-order valence-electron chi connectivity index (χ4n) is 2.19. The molecule has 0 saturated heterocycles. The molecule has 1 saturated carbocycles. The molecule has 17 heavy (non-hydrogen) atoms. The zero-order chi connectivity index (χ0) is 12.4. The molecule has 3 atom stereocenters. The number of hydrogen-bond acceptors (Lipinski definition) is 3. The first-order valence-electron chi connectivity index (χ1n) is 5.97. The fourth-order valence-corrected chi connectivity index (χ4v) is 2.53. The van der Waals surface area contributed by atoms with Crippen LogP contribution in [0.4, 0.5) is 0 Å². The van der Waals surface area contributed by atoms with Crippen LogP contribution in [0.25, 0.3) is 0 Å². The second kappa shape index (κ2) is 5.38. The van der Waals surface area contributed by atoms with Crippen LogP contribution in [0.3, 0.4) is 0 Å². The summed E-state index contributed by atoms with van der Waals surface area (Å²) in [5, 5.41) is 9.78. The third-order valence-corrected chi connectivity index (χ3v) is 3.66. The molecule has 1 fully saturated rings. The molecule has 0 aromatic heterocycles. The van der Waals surface area contributed by atoms with E-state index in [-0.39, 0.29) is 18.2 Å². The minimum Gasteiger partial charge on any atom is -0.487 e. The molecule has 1 aliphatic carbocycles. The van der Waals surface area contributed by atoms with Crippen molar-refractivity contribution in [2.45, 2.75) is 44.4 Å². The molecule has 2 rings (SSSR count). The Balaban J connectivity index is 2.21. The summed E-state index contributed by atoms with van der Waals surface area (Å²) < 4.78 is 6.86. The molecule has 0 heterocycles. The number of aliphatic hydroxyl groups excluding tert-OH is 1. The molecule has 4 heteroatoms. The van der Waals surface area contributed by atoms with Crippen LogP contribution in [-0.4, -0.2) is 17.3 Å². The quantitative estimate of drug-likeness (QED) is 0.902. The van der Waals surface area contributed by atoms with E-state index in [2.05, 4.69) is 15.9 Å². The molecular formula is C13H18BrNO2. The monoisotopic (exact) mass is 299 g/mol. The summed E-state index contributed by atoms with van der Waals surface area (Å²) in [6, 6.07) is 5.77. The summed E-state index contributed by atoms with van der Waals surface area (Å²) >= 11 is 3.43. The van der Waals surface area contributed by atoms with Crippen molar-refractivity contribution in [1.29, 1.82) is 0 Å². The fraction of sp³-hybridized carbons (Fsp3) is 0.538. The highest BCUT2D eigenvalue weighted by molar-refractivity contribution is 9.10. The molecule has 0 aliphatic heterocycles. The Kier molecular flexibility index (Phi) is 4.07. The van der Waals surface area contributed by atoms with Crippen LogP contribution in [0.1, 0.15) is 37.8 Å². The van der Waals surface area contributed by atoms with Gasteiger partial charge in [-0.25, -0.2) is 0 Å². The number of nitrogens with two attached hydrogens (primary N) is 1. The first-order chi connectivity index (χ1) is 8.08. The average molecular weight is 300 g/mol. The van der Waals surface area contributed by atoms with Crippen molar-refractivity contribution in [3.05, 3.63) is 28.2 Å². The highest BCUT2D eigenvalue weighted by atomic mass is 79.9. The van der Waals surface area contributed by atoms with Crippen molar-refractivity contribution < 1.29 is 9.84 Å². The molecule has 2 unspecified atom stereocenters. The molecular weight excluding hydrogens is 282 g/mol. The van der Waals surface area contributed by atoms with Gasteiger partial charge in [0, 0.05) is 16.1 Å². The van der Waals surface area contributed by atoms with Gasteiger partial charge in [-0.2, -0.15) is 0 Å². The standard InChI is InChI=1S/C13H18BrNO2/c1-8(15)10-6-5-9(14)7-13(10)17-12-4-2-3-11(12)16/h5-8,11-12,16H,2-4,15H2,1H3/t8-,11?,12?/m1/s1. The lowest BCUT2D eigenvalue weighted by Gasteiger charge is -2.21. The number of aliphatic hydroxyl groups is 1. The van der Waals surface area contributed by atoms with Gasteiger partial charge in [0.1, 0.15) is 11.9 Å². The predicted molar refractivity (Wildman–Crippen MR) is 71.0 cm³/mol. The average Bonchev–Trinajstić information content (AvgIpc) is 2.64. The van der Waals surface area contributed by atoms with E-state index in [0.717, 1.165) is 35.0 Å². The van der Waals surface area contributed by atoms with E-state index in [9.17, 15) is 5.11 Å². The maximum atomic E-state index is 9.78.